The second-order valence-electron chi connectivity index (χ2n) is 7.22. The summed E-state index contributed by atoms with van der Waals surface area (Å²) in [4.78, 5) is 47.3. The Bertz CT molecular complexity index is 762. The van der Waals surface area contributed by atoms with Crippen LogP contribution in [-0.2, 0) is 19.2 Å². The van der Waals surface area contributed by atoms with E-state index >= 15 is 0 Å². The lowest BCUT2D eigenvalue weighted by Gasteiger charge is -2.27. The molecule has 3 amide bonds. The molecule has 1 unspecified atom stereocenters. The fourth-order valence-electron chi connectivity index (χ4n) is 3.30. The van der Waals surface area contributed by atoms with E-state index in [0.29, 0.717) is 18.5 Å². The first-order valence-electron chi connectivity index (χ1n) is 9.46. The lowest BCUT2D eigenvalue weighted by Crippen LogP contribution is -2.48. The van der Waals surface area contributed by atoms with Gasteiger partial charge in [-0.05, 0) is 49.9 Å². The zero-order chi connectivity index (χ0) is 20.7. The van der Waals surface area contributed by atoms with Gasteiger partial charge in [-0.1, -0.05) is 18.9 Å². The predicted octanol–water partition coefficient (Wildman–Crippen LogP) is 2.06. The summed E-state index contributed by atoms with van der Waals surface area (Å²) >= 11 is 0. The summed E-state index contributed by atoms with van der Waals surface area (Å²) in [7, 11) is 0. The Hall–Kier alpha value is -2.90. The number of amides is 3. The van der Waals surface area contributed by atoms with Crippen LogP contribution in [0.25, 0.3) is 0 Å². The third-order valence-electron chi connectivity index (χ3n) is 5.11. The monoisotopic (exact) mass is 389 g/mol. The molecule has 1 saturated carbocycles. The van der Waals surface area contributed by atoms with E-state index in [1.807, 2.05) is 26.0 Å². The Labute approximate surface area is 164 Å². The van der Waals surface area contributed by atoms with Gasteiger partial charge in [-0.25, -0.2) is 0 Å². The van der Waals surface area contributed by atoms with Gasteiger partial charge in [0.15, 0.2) is 0 Å². The van der Waals surface area contributed by atoms with Gasteiger partial charge >= 0.3 is 5.97 Å². The van der Waals surface area contributed by atoms with Gasteiger partial charge in [0.1, 0.15) is 0 Å². The highest BCUT2D eigenvalue weighted by Crippen LogP contribution is 2.30. The largest absolute Gasteiger partial charge is 0.481 e. The van der Waals surface area contributed by atoms with Gasteiger partial charge in [-0.15, -0.1) is 0 Å². The third kappa shape index (κ3) is 6.07. The Morgan fingerprint density at radius 1 is 0.929 bits per heavy atom. The predicted molar refractivity (Wildman–Crippen MR) is 103 cm³/mol. The summed E-state index contributed by atoms with van der Waals surface area (Å²) in [5, 5.41) is 12.0. The van der Waals surface area contributed by atoms with Crippen molar-refractivity contribution >= 4 is 29.4 Å². The van der Waals surface area contributed by atoms with Crippen molar-refractivity contribution in [1.82, 2.24) is 10.9 Å². The maximum absolute atomic E-state index is 12.2. The molecule has 8 nitrogen and oxygen atoms in total. The van der Waals surface area contributed by atoms with Crippen LogP contribution in [0.15, 0.2) is 18.2 Å². The van der Waals surface area contributed by atoms with E-state index in [9.17, 15) is 24.3 Å². The first-order valence-corrected chi connectivity index (χ1v) is 9.46. The number of benzene rings is 1. The molecule has 0 aromatic heterocycles. The average molecular weight is 389 g/mol. The number of aliphatic carboxylic acids is 1. The Balaban J connectivity index is 1.74. The van der Waals surface area contributed by atoms with Crippen molar-refractivity contribution in [1.29, 1.82) is 0 Å². The van der Waals surface area contributed by atoms with E-state index in [1.165, 1.54) is 0 Å². The highest BCUT2D eigenvalue weighted by Gasteiger charge is 2.35. The molecule has 1 aromatic rings. The van der Waals surface area contributed by atoms with Crippen molar-refractivity contribution in [2.24, 2.45) is 11.8 Å². The minimum atomic E-state index is -0.991. The van der Waals surface area contributed by atoms with E-state index in [-0.39, 0.29) is 18.7 Å². The fourth-order valence-corrected chi connectivity index (χ4v) is 3.30. The topological polar surface area (TPSA) is 125 Å². The quantitative estimate of drug-likeness (QED) is 0.554. The van der Waals surface area contributed by atoms with Crippen LogP contribution in [0.5, 0.6) is 0 Å². The van der Waals surface area contributed by atoms with Crippen LogP contribution in [-0.4, -0.2) is 28.8 Å². The van der Waals surface area contributed by atoms with Crippen LogP contribution < -0.4 is 16.2 Å². The van der Waals surface area contributed by atoms with Crippen molar-refractivity contribution < 1.29 is 24.3 Å². The molecule has 2 rings (SSSR count). The summed E-state index contributed by atoms with van der Waals surface area (Å²) in [5.74, 6) is -3.68. The molecule has 28 heavy (non-hydrogen) atoms. The van der Waals surface area contributed by atoms with Crippen molar-refractivity contribution in [3.05, 3.63) is 29.3 Å². The van der Waals surface area contributed by atoms with Crippen LogP contribution in [0.1, 0.15) is 49.7 Å². The van der Waals surface area contributed by atoms with Gasteiger partial charge in [0.05, 0.1) is 11.8 Å². The van der Waals surface area contributed by atoms with Crippen LogP contribution in [0.3, 0.4) is 0 Å². The third-order valence-corrected chi connectivity index (χ3v) is 5.11. The van der Waals surface area contributed by atoms with E-state index in [2.05, 4.69) is 16.2 Å². The maximum atomic E-state index is 12.2. The summed E-state index contributed by atoms with van der Waals surface area (Å²) < 4.78 is 0. The SMILES string of the molecule is Cc1ccc(NC(=O)CCC(=O)NNC(=O)C2CCCC[C@@H]2C(=O)O)cc1C. The number of anilines is 1. The highest BCUT2D eigenvalue weighted by molar-refractivity contribution is 5.93. The number of carbonyl (C=O) groups is 4. The molecule has 1 aliphatic rings. The Morgan fingerprint density at radius 2 is 1.57 bits per heavy atom. The standard InChI is InChI=1S/C20H27N3O5/c1-12-7-8-14(11-13(12)2)21-17(24)9-10-18(25)22-23-19(26)15-5-3-4-6-16(15)20(27)28/h7-8,11,15-16H,3-6,9-10H2,1-2H3,(H,21,24)(H,22,25)(H,23,26)(H,27,28)/t15?,16-/m0/s1. The number of carboxylic acids is 1. The van der Waals surface area contributed by atoms with E-state index < -0.39 is 29.6 Å². The molecule has 1 aliphatic carbocycles. The Kier molecular flexibility index (Phi) is 7.54. The van der Waals surface area contributed by atoms with Gasteiger partial charge in [-0.2, -0.15) is 0 Å². The van der Waals surface area contributed by atoms with Crippen LogP contribution in [0, 0.1) is 25.7 Å². The molecule has 0 aliphatic heterocycles. The number of hydrogen-bond acceptors (Lipinski definition) is 4. The number of rotatable bonds is 6. The molecule has 2 atom stereocenters. The van der Waals surface area contributed by atoms with Gasteiger partial charge in [0.25, 0.3) is 0 Å². The summed E-state index contributed by atoms with van der Waals surface area (Å²) in [6, 6.07) is 5.56. The lowest BCUT2D eigenvalue weighted by atomic mass is 9.79. The maximum Gasteiger partial charge on any atom is 0.307 e. The van der Waals surface area contributed by atoms with Crippen molar-refractivity contribution in [2.45, 2.75) is 52.4 Å². The van der Waals surface area contributed by atoms with Gasteiger partial charge in [0.2, 0.25) is 17.7 Å². The minimum absolute atomic E-state index is 0.0319. The molecule has 0 saturated heterocycles. The van der Waals surface area contributed by atoms with Crippen molar-refractivity contribution in [3.63, 3.8) is 0 Å². The first kappa shape index (κ1) is 21.4. The van der Waals surface area contributed by atoms with Gasteiger partial charge in [0, 0.05) is 18.5 Å². The molecule has 0 spiro atoms. The number of carbonyl (C=O) groups excluding carboxylic acids is 3. The van der Waals surface area contributed by atoms with Gasteiger partial charge < -0.3 is 10.4 Å². The van der Waals surface area contributed by atoms with Crippen molar-refractivity contribution in [3.8, 4) is 0 Å². The second kappa shape index (κ2) is 9.87. The van der Waals surface area contributed by atoms with Crippen LogP contribution in [0.2, 0.25) is 0 Å². The molecule has 0 heterocycles. The minimum Gasteiger partial charge on any atom is -0.481 e. The summed E-state index contributed by atoms with van der Waals surface area (Å²) in [5.41, 5.74) is 7.40. The number of aryl methyl sites for hydroxylation is 2. The molecule has 0 radical (unpaired) electrons. The van der Waals surface area contributed by atoms with Crippen molar-refractivity contribution in [2.75, 3.05) is 5.32 Å². The molecule has 1 aromatic carbocycles. The number of carboxylic acid groups (broad SMARTS) is 1. The smallest absolute Gasteiger partial charge is 0.307 e. The van der Waals surface area contributed by atoms with E-state index in [0.717, 1.165) is 24.0 Å². The van der Waals surface area contributed by atoms with Crippen LogP contribution >= 0.6 is 0 Å². The summed E-state index contributed by atoms with van der Waals surface area (Å²) in [6.45, 7) is 3.92. The molecule has 152 valence electrons. The molecular weight excluding hydrogens is 362 g/mol. The molecule has 0 bridgehead atoms. The summed E-state index contributed by atoms with van der Waals surface area (Å²) in [6.07, 6.45) is 2.38. The molecular formula is C20H27N3O5. The van der Waals surface area contributed by atoms with E-state index in [4.69, 9.17) is 0 Å². The normalized spacial score (nSPS) is 18.8. The average Bonchev–Trinajstić information content (AvgIpc) is 2.67. The zero-order valence-electron chi connectivity index (χ0n) is 16.2. The molecule has 1 fully saturated rings. The first-order chi connectivity index (χ1) is 13.3. The lowest BCUT2D eigenvalue weighted by molar-refractivity contribution is -0.149. The van der Waals surface area contributed by atoms with Crippen LogP contribution in [0.4, 0.5) is 5.69 Å². The molecule has 4 N–H and O–H groups in total. The zero-order valence-corrected chi connectivity index (χ0v) is 16.2. The van der Waals surface area contributed by atoms with E-state index in [1.54, 1.807) is 6.07 Å². The second-order valence-corrected chi connectivity index (χ2v) is 7.22. The fraction of sp³-hybridized carbons (Fsp3) is 0.500. The highest BCUT2D eigenvalue weighted by atomic mass is 16.4. The molecule has 8 heteroatoms. The number of nitrogens with one attached hydrogen (secondary N) is 3. The number of hydrazine groups is 1. The Morgan fingerprint density at radius 3 is 2.21 bits per heavy atom. The van der Waals surface area contributed by atoms with Gasteiger partial charge in [-0.3, -0.25) is 30.0 Å². The number of hydrogen-bond donors (Lipinski definition) is 4.